The first kappa shape index (κ1) is 12.5. The summed E-state index contributed by atoms with van der Waals surface area (Å²) in [6, 6.07) is 1.93. The maximum atomic E-state index is 4.46. The lowest BCUT2D eigenvalue weighted by molar-refractivity contribution is 0.379. The molecule has 4 nitrogen and oxygen atoms in total. The van der Waals surface area contributed by atoms with Crippen molar-refractivity contribution in [2.45, 2.75) is 24.0 Å². The highest BCUT2D eigenvalue weighted by Gasteiger charge is 2.35. The van der Waals surface area contributed by atoms with Gasteiger partial charge < -0.3 is 10.2 Å². The van der Waals surface area contributed by atoms with Gasteiger partial charge in [-0.15, -0.1) is 0 Å². The van der Waals surface area contributed by atoms with Gasteiger partial charge in [-0.3, -0.25) is 0 Å². The van der Waals surface area contributed by atoms with E-state index in [2.05, 4.69) is 21.5 Å². The fraction of sp³-hybridized carbons (Fsp3) is 0.667. The third kappa shape index (κ3) is 2.83. The summed E-state index contributed by atoms with van der Waals surface area (Å²) in [4.78, 5) is 10.6. The van der Waals surface area contributed by atoms with Crippen LogP contribution in [-0.2, 0) is 0 Å². The predicted octanol–water partition coefficient (Wildman–Crippen LogP) is 2.24. The molecule has 0 bridgehead atoms. The molecule has 1 aromatic rings. The molecule has 0 aromatic carbocycles. The third-order valence-corrected chi connectivity index (χ3v) is 4.75. The summed E-state index contributed by atoms with van der Waals surface area (Å²) in [5.41, 5.74) is 0. The van der Waals surface area contributed by atoms with Crippen LogP contribution in [0.15, 0.2) is 12.3 Å². The van der Waals surface area contributed by atoms with E-state index in [1.54, 1.807) is 6.20 Å². The van der Waals surface area contributed by atoms with Crippen LogP contribution in [0.1, 0.15) is 19.3 Å². The first-order valence-corrected chi connectivity index (χ1v) is 7.17. The minimum absolute atomic E-state index is 0.434. The SMILES string of the molecule is CSC1(CNc2ccnc(N(C)C)n2)CCC1. The highest BCUT2D eigenvalue weighted by molar-refractivity contribution is 8.00. The Hall–Kier alpha value is -0.970. The zero-order valence-electron chi connectivity index (χ0n) is 10.7. The molecule has 1 N–H and O–H groups in total. The van der Waals surface area contributed by atoms with Gasteiger partial charge in [-0.1, -0.05) is 6.42 Å². The average Bonchev–Trinajstić information content (AvgIpc) is 2.28. The molecule has 17 heavy (non-hydrogen) atoms. The number of anilines is 2. The summed E-state index contributed by atoms with van der Waals surface area (Å²) < 4.78 is 0.434. The normalized spacial score (nSPS) is 17.4. The highest BCUT2D eigenvalue weighted by atomic mass is 32.2. The van der Waals surface area contributed by atoms with Gasteiger partial charge >= 0.3 is 0 Å². The van der Waals surface area contributed by atoms with Crippen molar-refractivity contribution < 1.29 is 0 Å². The summed E-state index contributed by atoms with van der Waals surface area (Å²) in [6.45, 7) is 0.998. The molecule has 94 valence electrons. The Morgan fingerprint density at radius 3 is 2.76 bits per heavy atom. The van der Waals surface area contributed by atoms with Crippen LogP contribution in [0.2, 0.25) is 0 Å². The van der Waals surface area contributed by atoms with E-state index in [4.69, 9.17) is 0 Å². The van der Waals surface area contributed by atoms with E-state index >= 15 is 0 Å². The van der Waals surface area contributed by atoms with Crippen LogP contribution in [-0.4, -0.2) is 41.6 Å². The van der Waals surface area contributed by atoms with Crippen LogP contribution in [0.4, 0.5) is 11.8 Å². The maximum absolute atomic E-state index is 4.46. The fourth-order valence-corrected chi connectivity index (χ4v) is 2.85. The summed E-state index contributed by atoms with van der Waals surface area (Å²) in [5.74, 6) is 1.67. The quantitative estimate of drug-likeness (QED) is 0.870. The summed E-state index contributed by atoms with van der Waals surface area (Å²) >= 11 is 1.97. The van der Waals surface area contributed by atoms with Gasteiger partial charge in [0.25, 0.3) is 0 Å². The molecule has 2 rings (SSSR count). The van der Waals surface area contributed by atoms with Crippen LogP contribution >= 0.6 is 11.8 Å². The molecule has 0 amide bonds. The average molecular weight is 252 g/mol. The van der Waals surface area contributed by atoms with Crippen LogP contribution in [0.5, 0.6) is 0 Å². The summed E-state index contributed by atoms with van der Waals surface area (Å²) in [5, 5.41) is 3.44. The van der Waals surface area contributed by atoms with Crippen LogP contribution in [0.3, 0.4) is 0 Å². The van der Waals surface area contributed by atoms with Gasteiger partial charge in [-0.25, -0.2) is 4.98 Å². The lowest BCUT2D eigenvalue weighted by Gasteiger charge is -2.40. The second kappa shape index (κ2) is 5.12. The number of hydrogen-bond acceptors (Lipinski definition) is 5. The first-order chi connectivity index (χ1) is 8.15. The number of hydrogen-bond donors (Lipinski definition) is 1. The van der Waals surface area contributed by atoms with Crippen molar-refractivity contribution in [2.24, 2.45) is 0 Å². The first-order valence-electron chi connectivity index (χ1n) is 5.95. The van der Waals surface area contributed by atoms with E-state index in [0.717, 1.165) is 18.3 Å². The minimum Gasteiger partial charge on any atom is -0.369 e. The molecule has 1 aliphatic rings. The standard InChI is InChI=1S/C12H20N4S/c1-16(2)11-13-8-5-10(15-11)14-9-12(17-3)6-4-7-12/h5,8H,4,6-7,9H2,1-3H3,(H,13,14,15). The molecular formula is C12H20N4S. The molecule has 1 heterocycles. The second-order valence-electron chi connectivity index (χ2n) is 4.73. The molecular weight excluding hydrogens is 232 g/mol. The highest BCUT2D eigenvalue weighted by Crippen LogP contribution is 2.42. The zero-order chi connectivity index (χ0) is 12.3. The molecule has 0 saturated heterocycles. The van der Waals surface area contributed by atoms with Gasteiger partial charge in [-0.2, -0.15) is 16.7 Å². The molecule has 0 unspecified atom stereocenters. The molecule has 0 radical (unpaired) electrons. The predicted molar refractivity (Wildman–Crippen MR) is 74.9 cm³/mol. The third-order valence-electron chi connectivity index (χ3n) is 3.33. The van der Waals surface area contributed by atoms with Crippen molar-refractivity contribution in [3.8, 4) is 0 Å². The Morgan fingerprint density at radius 2 is 2.24 bits per heavy atom. The van der Waals surface area contributed by atoms with Gasteiger partial charge in [0.1, 0.15) is 5.82 Å². The second-order valence-corrected chi connectivity index (χ2v) is 6.00. The molecule has 1 fully saturated rings. The lowest BCUT2D eigenvalue weighted by atomic mass is 9.84. The van der Waals surface area contributed by atoms with E-state index in [-0.39, 0.29) is 0 Å². The van der Waals surface area contributed by atoms with Crippen molar-refractivity contribution in [3.63, 3.8) is 0 Å². The number of thioether (sulfide) groups is 1. The molecule has 5 heteroatoms. The van der Waals surface area contributed by atoms with Crippen LogP contribution < -0.4 is 10.2 Å². The van der Waals surface area contributed by atoms with E-state index in [0.29, 0.717) is 4.75 Å². The molecule has 0 aliphatic heterocycles. The van der Waals surface area contributed by atoms with Gasteiger partial charge in [0, 0.05) is 31.6 Å². The number of nitrogens with one attached hydrogen (secondary N) is 1. The van der Waals surface area contributed by atoms with Gasteiger partial charge in [0.2, 0.25) is 5.95 Å². The largest absolute Gasteiger partial charge is 0.369 e. The smallest absolute Gasteiger partial charge is 0.226 e. The Bertz CT molecular complexity index is 371. The Balaban J connectivity index is 1.96. The van der Waals surface area contributed by atoms with Gasteiger partial charge in [0.05, 0.1) is 0 Å². The van der Waals surface area contributed by atoms with Gasteiger partial charge in [-0.05, 0) is 25.2 Å². The van der Waals surface area contributed by atoms with E-state index in [1.807, 2.05) is 36.8 Å². The molecule has 0 atom stereocenters. The Kier molecular flexibility index (Phi) is 3.76. The Labute approximate surface area is 107 Å². The summed E-state index contributed by atoms with van der Waals surface area (Å²) in [7, 11) is 3.91. The van der Waals surface area contributed by atoms with Crippen LogP contribution in [0, 0.1) is 0 Å². The van der Waals surface area contributed by atoms with Crippen molar-refractivity contribution in [1.29, 1.82) is 0 Å². The Morgan fingerprint density at radius 1 is 1.47 bits per heavy atom. The van der Waals surface area contributed by atoms with Crippen molar-refractivity contribution in [1.82, 2.24) is 9.97 Å². The maximum Gasteiger partial charge on any atom is 0.226 e. The monoisotopic (exact) mass is 252 g/mol. The van der Waals surface area contributed by atoms with Crippen molar-refractivity contribution in [2.75, 3.05) is 37.1 Å². The van der Waals surface area contributed by atoms with E-state index in [1.165, 1.54) is 19.3 Å². The number of rotatable bonds is 5. The molecule has 0 spiro atoms. The topological polar surface area (TPSA) is 41.1 Å². The van der Waals surface area contributed by atoms with Crippen LogP contribution in [0.25, 0.3) is 0 Å². The molecule has 1 aliphatic carbocycles. The minimum atomic E-state index is 0.434. The van der Waals surface area contributed by atoms with E-state index < -0.39 is 0 Å². The lowest BCUT2D eigenvalue weighted by Crippen LogP contribution is -2.40. The number of aromatic nitrogens is 2. The fourth-order valence-electron chi connectivity index (χ4n) is 1.94. The number of nitrogens with zero attached hydrogens (tertiary/aromatic N) is 3. The molecule has 1 aromatic heterocycles. The summed E-state index contributed by atoms with van der Waals surface area (Å²) in [6.07, 6.45) is 7.98. The van der Waals surface area contributed by atoms with Crippen molar-refractivity contribution in [3.05, 3.63) is 12.3 Å². The van der Waals surface area contributed by atoms with Crippen molar-refractivity contribution >= 4 is 23.5 Å². The zero-order valence-corrected chi connectivity index (χ0v) is 11.5. The molecule has 1 saturated carbocycles. The van der Waals surface area contributed by atoms with Gasteiger partial charge in [0.15, 0.2) is 0 Å². The van der Waals surface area contributed by atoms with E-state index in [9.17, 15) is 0 Å².